The van der Waals surface area contributed by atoms with Gasteiger partial charge in [0, 0.05) is 29.7 Å². The molecule has 92 valence electrons. The molecule has 0 bridgehead atoms. The molecule has 0 fully saturated rings. The van der Waals surface area contributed by atoms with Gasteiger partial charge in [-0.25, -0.2) is 0 Å². The number of pyridine rings is 1. The third-order valence-corrected chi connectivity index (χ3v) is 2.75. The Labute approximate surface area is 110 Å². The van der Waals surface area contributed by atoms with Crippen LogP contribution in [0.3, 0.4) is 0 Å². The van der Waals surface area contributed by atoms with Crippen LogP contribution in [-0.2, 0) is 0 Å². The van der Waals surface area contributed by atoms with Gasteiger partial charge in [-0.05, 0) is 24.4 Å². The van der Waals surface area contributed by atoms with Crippen molar-refractivity contribution in [1.29, 1.82) is 0 Å². The summed E-state index contributed by atoms with van der Waals surface area (Å²) in [5.41, 5.74) is 10.1. The fraction of sp³-hybridized carbons (Fsp3) is 0.0833. The predicted molar refractivity (Wildman–Crippen MR) is 78.5 cm³/mol. The summed E-state index contributed by atoms with van der Waals surface area (Å²) in [4.78, 5) is 4.26. The highest BCUT2D eigenvalue weighted by molar-refractivity contribution is 7.80. The largest absolute Gasteiger partial charge is 0.398 e. The van der Waals surface area contributed by atoms with Gasteiger partial charge in [0.05, 0.1) is 11.9 Å². The summed E-state index contributed by atoms with van der Waals surface area (Å²) in [7, 11) is 1.72. The standard InChI is InChI=1S/C12H13N5S/c1-14-12(18)17-16-7-11-9-3-2-4-10(13)8(9)5-6-15-11/h2-7H,13H2,1H3,(H2,14,17,18)/b16-7-. The van der Waals surface area contributed by atoms with Gasteiger partial charge in [-0.3, -0.25) is 10.4 Å². The van der Waals surface area contributed by atoms with Crippen LogP contribution in [0, 0.1) is 0 Å². The molecular weight excluding hydrogens is 246 g/mol. The molecule has 5 nitrogen and oxygen atoms in total. The van der Waals surface area contributed by atoms with E-state index in [0.29, 0.717) is 5.11 Å². The second-order valence-corrected chi connectivity index (χ2v) is 4.00. The summed E-state index contributed by atoms with van der Waals surface area (Å²) in [6.45, 7) is 0. The fourth-order valence-corrected chi connectivity index (χ4v) is 1.62. The number of thiocarbonyl (C=S) groups is 1. The minimum absolute atomic E-state index is 0.450. The zero-order valence-corrected chi connectivity index (χ0v) is 10.7. The highest BCUT2D eigenvalue weighted by atomic mass is 32.1. The van der Waals surface area contributed by atoms with Crippen molar-refractivity contribution in [2.75, 3.05) is 12.8 Å². The van der Waals surface area contributed by atoms with Gasteiger partial charge in [-0.1, -0.05) is 12.1 Å². The van der Waals surface area contributed by atoms with Crippen molar-refractivity contribution >= 4 is 40.0 Å². The Morgan fingerprint density at radius 3 is 3.00 bits per heavy atom. The predicted octanol–water partition coefficient (Wildman–Crippen LogP) is 1.24. The van der Waals surface area contributed by atoms with Crippen LogP contribution in [0.5, 0.6) is 0 Å². The fourth-order valence-electron chi connectivity index (χ4n) is 1.56. The number of aromatic nitrogens is 1. The van der Waals surface area contributed by atoms with Crippen molar-refractivity contribution in [2.45, 2.75) is 0 Å². The Hall–Kier alpha value is -2.21. The summed E-state index contributed by atoms with van der Waals surface area (Å²) in [5, 5.41) is 9.14. The van der Waals surface area contributed by atoms with Gasteiger partial charge in [-0.2, -0.15) is 5.10 Å². The summed E-state index contributed by atoms with van der Waals surface area (Å²) >= 11 is 4.91. The lowest BCUT2D eigenvalue weighted by Gasteiger charge is -2.04. The summed E-state index contributed by atoms with van der Waals surface area (Å²) in [6.07, 6.45) is 3.32. The Balaban J connectivity index is 2.34. The molecule has 0 atom stereocenters. The van der Waals surface area contributed by atoms with Gasteiger partial charge < -0.3 is 11.1 Å². The van der Waals surface area contributed by atoms with Crippen molar-refractivity contribution in [2.24, 2.45) is 5.10 Å². The van der Waals surface area contributed by atoms with Crippen molar-refractivity contribution in [3.8, 4) is 0 Å². The first-order chi connectivity index (χ1) is 8.72. The molecule has 1 aromatic carbocycles. The average Bonchev–Trinajstić information content (AvgIpc) is 2.39. The first kappa shape index (κ1) is 12.3. The molecule has 1 heterocycles. The van der Waals surface area contributed by atoms with E-state index < -0.39 is 0 Å². The Bertz CT molecular complexity index is 608. The highest BCUT2D eigenvalue weighted by Gasteiger charge is 2.01. The molecule has 0 radical (unpaired) electrons. The molecule has 0 aliphatic rings. The lowest BCUT2D eigenvalue weighted by Crippen LogP contribution is -2.28. The number of nitrogen functional groups attached to an aromatic ring is 1. The van der Waals surface area contributed by atoms with Crippen LogP contribution in [0.1, 0.15) is 5.69 Å². The number of anilines is 1. The molecule has 0 saturated heterocycles. The topological polar surface area (TPSA) is 75.3 Å². The molecule has 6 heteroatoms. The number of nitrogens with one attached hydrogen (secondary N) is 2. The maximum atomic E-state index is 5.90. The van der Waals surface area contributed by atoms with Gasteiger partial charge in [0.1, 0.15) is 0 Å². The van der Waals surface area contributed by atoms with Gasteiger partial charge in [-0.15, -0.1) is 0 Å². The van der Waals surface area contributed by atoms with Crippen LogP contribution in [0.15, 0.2) is 35.6 Å². The smallest absolute Gasteiger partial charge is 0.186 e. The summed E-state index contributed by atoms with van der Waals surface area (Å²) < 4.78 is 0. The van der Waals surface area contributed by atoms with Crippen molar-refractivity contribution < 1.29 is 0 Å². The molecule has 0 spiro atoms. The van der Waals surface area contributed by atoms with Crippen LogP contribution in [0.4, 0.5) is 5.69 Å². The molecule has 1 aromatic heterocycles. The third-order valence-electron chi connectivity index (χ3n) is 2.45. The van der Waals surface area contributed by atoms with E-state index in [4.69, 9.17) is 18.0 Å². The molecule has 0 aliphatic heterocycles. The average molecular weight is 259 g/mol. The number of nitrogens with two attached hydrogens (primary N) is 1. The van der Waals surface area contributed by atoms with E-state index in [9.17, 15) is 0 Å². The van der Waals surface area contributed by atoms with E-state index in [-0.39, 0.29) is 0 Å². The van der Waals surface area contributed by atoms with Crippen molar-refractivity contribution in [3.63, 3.8) is 0 Å². The molecular formula is C12H13N5S. The van der Waals surface area contributed by atoms with E-state index in [1.807, 2.05) is 24.3 Å². The molecule has 0 unspecified atom stereocenters. The normalized spacial score (nSPS) is 10.7. The number of rotatable bonds is 2. The zero-order chi connectivity index (χ0) is 13.0. The Morgan fingerprint density at radius 2 is 2.22 bits per heavy atom. The first-order valence-electron chi connectivity index (χ1n) is 5.36. The van der Waals surface area contributed by atoms with Gasteiger partial charge >= 0.3 is 0 Å². The van der Waals surface area contributed by atoms with Crippen molar-refractivity contribution in [3.05, 3.63) is 36.2 Å². The van der Waals surface area contributed by atoms with Crippen LogP contribution in [-0.4, -0.2) is 23.4 Å². The van der Waals surface area contributed by atoms with Crippen LogP contribution >= 0.6 is 12.2 Å². The highest BCUT2D eigenvalue weighted by Crippen LogP contribution is 2.21. The maximum Gasteiger partial charge on any atom is 0.186 e. The van der Waals surface area contributed by atoms with Crippen LogP contribution in [0.2, 0.25) is 0 Å². The van der Waals surface area contributed by atoms with E-state index in [0.717, 1.165) is 22.2 Å². The molecule has 2 rings (SSSR count). The number of benzene rings is 1. The first-order valence-corrected chi connectivity index (χ1v) is 5.77. The maximum absolute atomic E-state index is 5.90. The van der Waals surface area contributed by atoms with Crippen LogP contribution < -0.4 is 16.5 Å². The number of fused-ring (bicyclic) bond motifs is 1. The van der Waals surface area contributed by atoms with Crippen LogP contribution in [0.25, 0.3) is 10.8 Å². The van der Waals surface area contributed by atoms with E-state index in [1.165, 1.54) is 0 Å². The Kier molecular flexibility index (Phi) is 3.69. The zero-order valence-electron chi connectivity index (χ0n) is 9.84. The number of hydrogen-bond acceptors (Lipinski definition) is 4. The van der Waals surface area contributed by atoms with Crippen molar-refractivity contribution in [1.82, 2.24) is 15.7 Å². The number of nitrogens with zero attached hydrogens (tertiary/aromatic N) is 2. The van der Waals surface area contributed by atoms with Gasteiger partial charge in [0.15, 0.2) is 5.11 Å². The lowest BCUT2D eigenvalue weighted by atomic mass is 10.1. The number of hydrogen-bond donors (Lipinski definition) is 3. The molecule has 0 saturated carbocycles. The van der Waals surface area contributed by atoms with Gasteiger partial charge in [0.2, 0.25) is 0 Å². The quantitative estimate of drug-likeness (QED) is 0.327. The third kappa shape index (κ3) is 2.54. The molecule has 0 aliphatic carbocycles. The SMILES string of the molecule is CNC(=S)N/N=C\c1nccc2c(N)cccc12. The summed E-state index contributed by atoms with van der Waals surface area (Å²) in [5.74, 6) is 0. The van der Waals surface area contributed by atoms with Gasteiger partial charge in [0.25, 0.3) is 0 Å². The lowest BCUT2D eigenvalue weighted by molar-refractivity contribution is 0.981. The summed E-state index contributed by atoms with van der Waals surface area (Å²) in [6, 6.07) is 7.59. The molecule has 4 N–H and O–H groups in total. The minimum Gasteiger partial charge on any atom is -0.398 e. The second-order valence-electron chi connectivity index (χ2n) is 3.59. The number of hydrazone groups is 1. The van der Waals surface area contributed by atoms with E-state index in [2.05, 4.69) is 20.8 Å². The van der Waals surface area contributed by atoms with E-state index in [1.54, 1.807) is 19.5 Å². The molecule has 2 aromatic rings. The Morgan fingerprint density at radius 1 is 1.39 bits per heavy atom. The minimum atomic E-state index is 0.450. The second kappa shape index (κ2) is 5.42. The van der Waals surface area contributed by atoms with E-state index >= 15 is 0 Å². The monoisotopic (exact) mass is 259 g/mol. The molecule has 18 heavy (non-hydrogen) atoms. The molecule has 0 amide bonds.